The van der Waals surface area contributed by atoms with Crippen LogP contribution in [0.1, 0.15) is 59.6 Å². The van der Waals surface area contributed by atoms with Crippen LogP contribution in [0, 0.1) is 17.8 Å². The lowest BCUT2D eigenvalue weighted by Crippen LogP contribution is -2.63. The summed E-state index contributed by atoms with van der Waals surface area (Å²) in [6, 6.07) is 19.0. The van der Waals surface area contributed by atoms with Crippen LogP contribution in [0.5, 0.6) is 0 Å². The molecule has 0 aliphatic carbocycles. The molecule has 0 aromatic heterocycles. The van der Waals surface area contributed by atoms with Crippen molar-refractivity contribution in [2.75, 3.05) is 6.61 Å². The van der Waals surface area contributed by atoms with Crippen LogP contribution in [-0.4, -0.2) is 69.2 Å². The van der Waals surface area contributed by atoms with Gasteiger partial charge in [0.1, 0.15) is 18.2 Å². The van der Waals surface area contributed by atoms with Crippen LogP contribution >= 0.6 is 0 Å². The number of ether oxygens (including phenoxy) is 5. The molecule has 0 spiro atoms. The highest BCUT2D eigenvalue weighted by atomic mass is 28.4. The fourth-order valence-electron chi connectivity index (χ4n) is 6.19. The number of hydrogen-bond donors (Lipinski definition) is 1. The molecule has 2 fully saturated rings. The fraction of sp³-hybridized carbons (Fsp3) is 0.667. The molecule has 2 heterocycles. The largest absolute Gasteiger partial charge is 0.392 e. The molecule has 4 unspecified atom stereocenters. The maximum Gasteiger partial charge on any atom is 0.196 e. The number of benzene rings is 2. The molecule has 11 heteroatoms. The summed E-state index contributed by atoms with van der Waals surface area (Å²) in [5, 5.41) is 15.6. The van der Waals surface area contributed by atoms with Crippen LogP contribution in [0.25, 0.3) is 10.4 Å². The Morgan fingerprint density at radius 2 is 1.49 bits per heavy atom. The van der Waals surface area contributed by atoms with E-state index in [1.807, 2.05) is 67.6 Å². The third kappa shape index (κ3) is 9.03. The van der Waals surface area contributed by atoms with Crippen LogP contribution in [0.2, 0.25) is 18.1 Å². The summed E-state index contributed by atoms with van der Waals surface area (Å²) in [7, 11) is -2.41. The van der Waals surface area contributed by atoms with E-state index >= 15 is 0 Å². The second kappa shape index (κ2) is 16.4. The lowest BCUT2D eigenvalue weighted by molar-refractivity contribution is -0.334. The van der Waals surface area contributed by atoms with Crippen molar-refractivity contribution in [2.45, 2.75) is 129 Å². The van der Waals surface area contributed by atoms with Crippen molar-refractivity contribution >= 4 is 8.32 Å². The molecule has 0 bridgehead atoms. The minimum absolute atomic E-state index is 0.0359. The SMILES string of the molecule is CC1O[C@@H](O[Si](C)(C)C(C)(C)C(C)C)C(N=[N+]=[N-])[C@@H](O)[C@@H]1O[C@@H]1OC(COCc2ccccc2)[C@@H](C)[C@H](C)C1OCc1ccccc1. The number of nitrogens with zero attached hydrogens (tertiary/aromatic N) is 3. The highest BCUT2D eigenvalue weighted by Crippen LogP contribution is 2.46. The first-order chi connectivity index (χ1) is 22.3. The van der Waals surface area contributed by atoms with E-state index in [0.29, 0.717) is 25.7 Å². The van der Waals surface area contributed by atoms with Gasteiger partial charge < -0.3 is 33.2 Å². The van der Waals surface area contributed by atoms with Gasteiger partial charge in [-0.05, 0) is 59.5 Å². The molecule has 47 heavy (non-hydrogen) atoms. The van der Waals surface area contributed by atoms with Gasteiger partial charge in [-0.15, -0.1) is 0 Å². The summed E-state index contributed by atoms with van der Waals surface area (Å²) in [6.07, 6.45) is -5.13. The minimum atomic E-state index is -2.41. The van der Waals surface area contributed by atoms with Crippen molar-refractivity contribution in [3.05, 3.63) is 82.2 Å². The molecule has 0 radical (unpaired) electrons. The Morgan fingerprint density at radius 1 is 0.894 bits per heavy atom. The number of hydrogen-bond acceptors (Lipinski definition) is 8. The summed E-state index contributed by atoms with van der Waals surface area (Å²) in [4.78, 5) is 3.06. The smallest absolute Gasteiger partial charge is 0.196 e. The normalized spacial score (nSPS) is 31.8. The van der Waals surface area contributed by atoms with Crippen LogP contribution in [0.15, 0.2) is 65.8 Å². The quantitative estimate of drug-likeness (QED) is 0.0950. The van der Waals surface area contributed by atoms with Crippen LogP contribution < -0.4 is 0 Å². The molecule has 2 aliphatic rings. The van der Waals surface area contributed by atoms with Crippen LogP contribution in [-0.2, 0) is 41.3 Å². The Labute approximate surface area is 281 Å². The first-order valence-corrected chi connectivity index (χ1v) is 19.8. The Kier molecular flexibility index (Phi) is 13.1. The van der Waals surface area contributed by atoms with Gasteiger partial charge in [-0.2, -0.15) is 0 Å². The minimum Gasteiger partial charge on any atom is -0.392 e. The van der Waals surface area contributed by atoms with E-state index in [9.17, 15) is 10.6 Å². The zero-order chi connectivity index (χ0) is 34.4. The predicted molar refractivity (Wildman–Crippen MR) is 184 cm³/mol. The first-order valence-electron chi connectivity index (χ1n) is 16.9. The Bertz CT molecular complexity index is 1290. The molecule has 260 valence electrons. The first kappa shape index (κ1) is 37.5. The van der Waals surface area contributed by atoms with E-state index in [1.54, 1.807) is 0 Å². The van der Waals surface area contributed by atoms with Gasteiger partial charge in [0.25, 0.3) is 0 Å². The predicted octanol–water partition coefficient (Wildman–Crippen LogP) is 7.61. The van der Waals surface area contributed by atoms with E-state index in [4.69, 9.17) is 28.1 Å². The van der Waals surface area contributed by atoms with Crippen molar-refractivity contribution in [1.82, 2.24) is 0 Å². The van der Waals surface area contributed by atoms with Crippen molar-refractivity contribution < 1.29 is 33.2 Å². The molecule has 10 atom stereocenters. The van der Waals surface area contributed by atoms with Crippen LogP contribution in [0.3, 0.4) is 0 Å². The summed E-state index contributed by atoms with van der Waals surface area (Å²) < 4.78 is 38.9. The third-order valence-electron chi connectivity index (χ3n) is 10.8. The van der Waals surface area contributed by atoms with E-state index in [0.717, 1.165) is 11.1 Å². The third-order valence-corrected chi connectivity index (χ3v) is 15.4. The van der Waals surface area contributed by atoms with Gasteiger partial charge in [-0.25, -0.2) is 0 Å². The highest BCUT2D eigenvalue weighted by molar-refractivity contribution is 6.74. The van der Waals surface area contributed by atoms with Gasteiger partial charge in [0.15, 0.2) is 20.9 Å². The molecule has 0 amide bonds. The van der Waals surface area contributed by atoms with Crippen molar-refractivity contribution in [1.29, 1.82) is 0 Å². The van der Waals surface area contributed by atoms with E-state index in [2.05, 4.69) is 64.7 Å². The average molecular weight is 670 g/mol. The maximum absolute atomic E-state index is 11.7. The second-order valence-electron chi connectivity index (χ2n) is 14.5. The number of rotatable bonds is 14. The summed E-state index contributed by atoms with van der Waals surface area (Å²) in [5.41, 5.74) is 11.6. The Morgan fingerprint density at radius 3 is 2.06 bits per heavy atom. The molecule has 0 saturated carbocycles. The van der Waals surface area contributed by atoms with E-state index < -0.39 is 51.4 Å². The Hall–Kier alpha value is -2.31. The van der Waals surface area contributed by atoms with E-state index in [1.165, 1.54) is 0 Å². The summed E-state index contributed by atoms with van der Waals surface area (Å²) in [5.74, 6) is 0.491. The fourth-order valence-corrected chi connectivity index (χ4v) is 8.66. The van der Waals surface area contributed by atoms with Crippen molar-refractivity contribution in [3.8, 4) is 0 Å². The lowest BCUT2D eigenvalue weighted by Gasteiger charge is -2.50. The van der Waals surface area contributed by atoms with Crippen molar-refractivity contribution in [3.63, 3.8) is 0 Å². The van der Waals surface area contributed by atoms with Crippen LogP contribution in [0.4, 0.5) is 0 Å². The Balaban J connectivity index is 1.54. The van der Waals surface area contributed by atoms with E-state index in [-0.39, 0.29) is 23.0 Å². The second-order valence-corrected chi connectivity index (χ2v) is 19.1. The molecular weight excluding hydrogens is 614 g/mol. The van der Waals surface area contributed by atoms with Gasteiger partial charge in [-0.1, -0.05) is 107 Å². The molecule has 1 N–H and O–H groups in total. The zero-order valence-electron chi connectivity index (χ0n) is 29.5. The van der Waals surface area contributed by atoms with Gasteiger partial charge in [0.2, 0.25) is 0 Å². The molecule has 2 aliphatic heterocycles. The molecular formula is C36H55N3O7Si. The molecule has 2 aromatic carbocycles. The van der Waals surface area contributed by atoms with Gasteiger partial charge in [0.05, 0.1) is 38.1 Å². The summed E-state index contributed by atoms with van der Waals surface area (Å²) in [6.45, 7) is 20.3. The molecule has 10 nitrogen and oxygen atoms in total. The standard InChI is InChI=1S/C36H55N3O7Si/c1-23(2)36(6,7)47(8,9)46-34-30(38-39-37)31(40)33(26(5)43-34)45-35-32(42-21-28-18-14-11-15-19-28)25(4)24(3)29(44-35)22-41-20-27-16-12-10-13-17-27/h10-19,23-26,29-35,40H,20-22H2,1-9H3/t24-,25-,26?,29?,30?,31+,32?,33+,34-,35-/m0/s1. The van der Waals surface area contributed by atoms with Crippen molar-refractivity contribution in [2.24, 2.45) is 22.9 Å². The average Bonchev–Trinajstić information content (AvgIpc) is 3.03. The van der Waals surface area contributed by atoms with Gasteiger partial charge in [-0.3, -0.25) is 0 Å². The monoisotopic (exact) mass is 669 g/mol. The maximum atomic E-state index is 11.7. The molecule has 4 rings (SSSR count). The number of aliphatic hydroxyl groups excluding tert-OH is 1. The molecule has 2 saturated heterocycles. The zero-order valence-corrected chi connectivity index (χ0v) is 30.5. The topological polar surface area (TPSA) is 124 Å². The lowest BCUT2D eigenvalue weighted by atomic mass is 9.83. The van der Waals surface area contributed by atoms with Gasteiger partial charge in [0, 0.05) is 4.91 Å². The molecule has 2 aromatic rings. The highest BCUT2D eigenvalue weighted by Gasteiger charge is 2.52. The summed E-state index contributed by atoms with van der Waals surface area (Å²) >= 11 is 0. The number of aliphatic hydroxyl groups is 1. The van der Waals surface area contributed by atoms with Gasteiger partial charge >= 0.3 is 0 Å². The number of azide groups is 1.